The highest BCUT2D eigenvalue weighted by molar-refractivity contribution is 6.21. The summed E-state index contributed by atoms with van der Waals surface area (Å²) in [6, 6.07) is 8.56. The Bertz CT molecular complexity index is 761. The van der Waals surface area contributed by atoms with E-state index in [1.807, 2.05) is 6.07 Å². The second kappa shape index (κ2) is 4.42. The molecule has 0 saturated carbocycles. The van der Waals surface area contributed by atoms with Crippen LogP contribution in [0.15, 0.2) is 30.3 Å². The molecule has 3 nitrogen and oxygen atoms in total. The van der Waals surface area contributed by atoms with Crippen LogP contribution in [0, 0.1) is 11.8 Å². The van der Waals surface area contributed by atoms with Crippen molar-refractivity contribution in [3.63, 3.8) is 0 Å². The molecule has 2 aromatic carbocycles. The molecule has 0 aromatic heterocycles. The van der Waals surface area contributed by atoms with Gasteiger partial charge in [-0.15, -0.1) is 11.6 Å². The van der Waals surface area contributed by atoms with E-state index in [0.29, 0.717) is 16.5 Å². The number of cyclic esters (lactones) is 2. The Morgan fingerprint density at radius 1 is 1.05 bits per heavy atom. The number of carbonyl (C=O) groups excluding carboxylic acids is 2. The van der Waals surface area contributed by atoms with Gasteiger partial charge in [-0.1, -0.05) is 24.0 Å². The van der Waals surface area contributed by atoms with Gasteiger partial charge in [-0.2, -0.15) is 0 Å². The van der Waals surface area contributed by atoms with E-state index >= 15 is 0 Å². The van der Waals surface area contributed by atoms with Gasteiger partial charge in [0.05, 0.1) is 17.0 Å². The Balaban J connectivity index is 2.42. The minimum absolute atomic E-state index is 0.226. The smallest absolute Gasteiger partial charge is 0.346 e. The topological polar surface area (TPSA) is 43.4 Å². The van der Waals surface area contributed by atoms with Crippen molar-refractivity contribution in [2.24, 2.45) is 0 Å². The molecule has 19 heavy (non-hydrogen) atoms. The van der Waals surface area contributed by atoms with Crippen molar-refractivity contribution in [2.75, 3.05) is 5.88 Å². The lowest BCUT2D eigenvalue weighted by molar-refractivity contribution is 0.0391. The van der Waals surface area contributed by atoms with Gasteiger partial charge in [-0.25, -0.2) is 9.59 Å². The number of esters is 2. The van der Waals surface area contributed by atoms with E-state index in [2.05, 4.69) is 16.6 Å². The molecule has 1 aliphatic heterocycles. The standard InChI is InChI=1S/C15H7ClO3/c16-8-2-3-9-6-7-12-13-10(9)4-1-5-11(13)14(17)19-15(12)18/h1,4-7H,8H2. The molecule has 0 fully saturated rings. The minimum atomic E-state index is -0.620. The van der Waals surface area contributed by atoms with Crippen molar-refractivity contribution in [3.05, 3.63) is 47.0 Å². The SMILES string of the molecule is O=C1OC(=O)c2ccc(C#CCCl)c3cccc1c23. The van der Waals surface area contributed by atoms with Gasteiger partial charge < -0.3 is 4.74 Å². The largest absolute Gasteiger partial charge is 0.386 e. The van der Waals surface area contributed by atoms with Gasteiger partial charge in [0.1, 0.15) is 0 Å². The van der Waals surface area contributed by atoms with Crippen LogP contribution in [0.2, 0.25) is 0 Å². The molecule has 0 spiro atoms. The molecule has 92 valence electrons. The van der Waals surface area contributed by atoms with Gasteiger partial charge in [0, 0.05) is 10.9 Å². The zero-order valence-corrected chi connectivity index (χ0v) is 10.5. The lowest BCUT2D eigenvalue weighted by Crippen LogP contribution is -2.19. The normalized spacial score (nSPS) is 12.9. The van der Waals surface area contributed by atoms with Gasteiger partial charge >= 0.3 is 11.9 Å². The third kappa shape index (κ3) is 1.78. The molecule has 0 atom stereocenters. The minimum Gasteiger partial charge on any atom is -0.386 e. The monoisotopic (exact) mass is 270 g/mol. The van der Waals surface area contributed by atoms with Crippen LogP contribution in [0.4, 0.5) is 0 Å². The van der Waals surface area contributed by atoms with Crippen LogP contribution in [-0.4, -0.2) is 17.8 Å². The molecule has 0 aliphatic carbocycles. The molecule has 0 bridgehead atoms. The fourth-order valence-corrected chi connectivity index (χ4v) is 2.25. The van der Waals surface area contributed by atoms with Crippen LogP contribution in [0.3, 0.4) is 0 Å². The Morgan fingerprint density at radius 3 is 2.53 bits per heavy atom. The first-order valence-corrected chi connectivity index (χ1v) is 6.13. The molecular weight excluding hydrogens is 264 g/mol. The lowest BCUT2D eigenvalue weighted by Gasteiger charge is -2.15. The zero-order valence-electron chi connectivity index (χ0n) is 9.70. The maximum absolute atomic E-state index is 11.7. The van der Waals surface area contributed by atoms with E-state index in [-0.39, 0.29) is 5.88 Å². The van der Waals surface area contributed by atoms with Crippen molar-refractivity contribution in [2.45, 2.75) is 0 Å². The molecule has 4 heteroatoms. The van der Waals surface area contributed by atoms with Crippen LogP contribution in [-0.2, 0) is 4.74 Å². The van der Waals surface area contributed by atoms with Crippen molar-refractivity contribution < 1.29 is 14.3 Å². The van der Waals surface area contributed by atoms with Crippen molar-refractivity contribution in [1.29, 1.82) is 0 Å². The van der Waals surface area contributed by atoms with Gasteiger partial charge in [-0.3, -0.25) is 0 Å². The summed E-state index contributed by atoms with van der Waals surface area (Å²) in [6.07, 6.45) is 0. The first-order chi connectivity index (χ1) is 9.22. The number of benzene rings is 2. The molecule has 1 aliphatic rings. The Hall–Kier alpha value is -2.31. The summed E-state index contributed by atoms with van der Waals surface area (Å²) in [5.74, 6) is 4.68. The third-order valence-corrected chi connectivity index (χ3v) is 3.09. The number of ether oxygens (including phenoxy) is 1. The number of halogens is 1. The highest BCUT2D eigenvalue weighted by Gasteiger charge is 2.27. The van der Waals surface area contributed by atoms with E-state index < -0.39 is 11.9 Å². The van der Waals surface area contributed by atoms with Crippen LogP contribution < -0.4 is 0 Å². The predicted molar refractivity (Wildman–Crippen MR) is 71.3 cm³/mol. The van der Waals surface area contributed by atoms with Crippen LogP contribution in [0.1, 0.15) is 26.3 Å². The molecule has 2 aromatic rings. The van der Waals surface area contributed by atoms with Crippen LogP contribution in [0.25, 0.3) is 10.8 Å². The van der Waals surface area contributed by atoms with Gasteiger partial charge in [-0.05, 0) is 23.6 Å². The number of hydrogen-bond donors (Lipinski definition) is 0. The fraction of sp³-hybridized carbons (Fsp3) is 0.0667. The molecule has 0 radical (unpaired) electrons. The summed E-state index contributed by atoms with van der Waals surface area (Å²) in [7, 11) is 0. The van der Waals surface area contributed by atoms with E-state index in [9.17, 15) is 9.59 Å². The average Bonchev–Trinajstić information content (AvgIpc) is 2.42. The summed E-state index contributed by atoms with van der Waals surface area (Å²) in [5.41, 5.74) is 1.52. The molecular formula is C15H7ClO3. The van der Waals surface area contributed by atoms with Gasteiger partial charge in [0.25, 0.3) is 0 Å². The lowest BCUT2D eigenvalue weighted by atomic mass is 9.94. The highest BCUT2D eigenvalue weighted by atomic mass is 35.5. The quantitative estimate of drug-likeness (QED) is 0.320. The van der Waals surface area contributed by atoms with Crippen LogP contribution in [0.5, 0.6) is 0 Å². The second-order valence-corrected chi connectivity index (χ2v) is 4.27. The van der Waals surface area contributed by atoms with Crippen molar-refractivity contribution >= 4 is 34.3 Å². The zero-order chi connectivity index (χ0) is 13.4. The molecule has 0 amide bonds. The fourth-order valence-electron chi connectivity index (χ4n) is 2.18. The highest BCUT2D eigenvalue weighted by Crippen LogP contribution is 2.30. The van der Waals surface area contributed by atoms with Crippen molar-refractivity contribution in [1.82, 2.24) is 0 Å². The van der Waals surface area contributed by atoms with Crippen LogP contribution >= 0.6 is 11.6 Å². The molecule has 1 heterocycles. The summed E-state index contributed by atoms with van der Waals surface area (Å²) in [4.78, 5) is 23.4. The average molecular weight is 271 g/mol. The van der Waals surface area contributed by atoms with Gasteiger partial charge in [0.2, 0.25) is 0 Å². The number of carbonyl (C=O) groups is 2. The second-order valence-electron chi connectivity index (χ2n) is 4.00. The number of rotatable bonds is 0. The van der Waals surface area contributed by atoms with E-state index in [4.69, 9.17) is 11.6 Å². The Morgan fingerprint density at radius 2 is 1.79 bits per heavy atom. The molecule has 0 N–H and O–H groups in total. The summed E-state index contributed by atoms with van der Waals surface area (Å²) < 4.78 is 4.69. The first kappa shape index (κ1) is 11.8. The molecule has 0 unspecified atom stereocenters. The Kier molecular flexibility index (Phi) is 2.73. The predicted octanol–water partition coefficient (Wildman–Crippen LogP) is 2.74. The third-order valence-electron chi connectivity index (χ3n) is 2.96. The molecule has 3 rings (SSSR count). The summed E-state index contributed by atoms with van der Waals surface area (Å²) in [5, 5.41) is 1.36. The first-order valence-electron chi connectivity index (χ1n) is 5.59. The number of alkyl halides is 1. The summed E-state index contributed by atoms with van der Waals surface area (Å²) >= 11 is 5.55. The maximum Gasteiger partial charge on any atom is 0.346 e. The summed E-state index contributed by atoms with van der Waals surface area (Å²) in [6.45, 7) is 0. The maximum atomic E-state index is 11.7. The van der Waals surface area contributed by atoms with E-state index in [0.717, 1.165) is 10.9 Å². The van der Waals surface area contributed by atoms with E-state index in [1.54, 1.807) is 24.3 Å². The molecule has 0 saturated heterocycles. The van der Waals surface area contributed by atoms with Gasteiger partial charge in [0.15, 0.2) is 0 Å². The van der Waals surface area contributed by atoms with Crippen molar-refractivity contribution in [3.8, 4) is 11.8 Å². The Labute approximate surface area is 114 Å². The van der Waals surface area contributed by atoms with E-state index in [1.165, 1.54) is 0 Å². The number of hydrogen-bond acceptors (Lipinski definition) is 3.